The molecule has 2 aromatic rings. The van der Waals surface area contributed by atoms with Gasteiger partial charge in [-0.25, -0.2) is 0 Å². The number of hydrogen-bond acceptors (Lipinski definition) is 4. The van der Waals surface area contributed by atoms with Crippen LogP contribution in [0.4, 0.5) is 13.2 Å². The number of carbonyl (C=O) groups is 1. The number of carbonyl (C=O) groups excluding carboxylic acids is 1. The molecular weight excluding hydrogens is 373 g/mol. The molecule has 1 atom stereocenters. The fraction of sp³-hybridized carbons (Fsp3) is 0.667. The van der Waals surface area contributed by atoms with Crippen molar-refractivity contribution < 1.29 is 18.0 Å². The highest BCUT2D eigenvalue weighted by atomic mass is 19.4. The van der Waals surface area contributed by atoms with E-state index in [1.807, 2.05) is 11.5 Å². The quantitative estimate of drug-likeness (QED) is 0.797. The van der Waals surface area contributed by atoms with Crippen LogP contribution in [-0.2, 0) is 24.1 Å². The Morgan fingerprint density at radius 1 is 1.36 bits per heavy atom. The second-order valence-corrected chi connectivity index (χ2v) is 7.84. The van der Waals surface area contributed by atoms with Gasteiger partial charge in [-0.05, 0) is 38.2 Å². The standard InChI is InChI=1S/C18H23F3N6O/c1-3-25-11-22-23-16(25)13-8-26(10-17(13)5-4-6-17)15(28)9-27-12(2)7-14(24-27)18(19,20)21/h7,11,13H,3-6,8-10H2,1-2H3. The Balaban J connectivity index is 1.53. The van der Waals surface area contributed by atoms with Crippen LogP contribution in [0.25, 0.3) is 0 Å². The lowest BCUT2D eigenvalue weighted by Gasteiger charge is -2.42. The zero-order chi connectivity index (χ0) is 20.1. The van der Waals surface area contributed by atoms with Gasteiger partial charge in [0.2, 0.25) is 5.91 Å². The molecule has 0 bridgehead atoms. The number of hydrogen-bond donors (Lipinski definition) is 0. The topological polar surface area (TPSA) is 68.8 Å². The van der Waals surface area contributed by atoms with Gasteiger partial charge in [-0.15, -0.1) is 10.2 Å². The first-order chi connectivity index (χ1) is 13.2. The Bertz CT molecular complexity index is 882. The number of halogens is 3. The molecule has 28 heavy (non-hydrogen) atoms. The summed E-state index contributed by atoms with van der Waals surface area (Å²) in [6, 6.07) is 0.969. The molecule has 10 heteroatoms. The van der Waals surface area contributed by atoms with Crippen molar-refractivity contribution in [3.63, 3.8) is 0 Å². The van der Waals surface area contributed by atoms with Crippen molar-refractivity contribution in [3.05, 3.63) is 29.6 Å². The van der Waals surface area contributed by atoms with Crippen LogP contribution in [0.1, 0.15) is 49.3 Å². The van der Waals surface area contributed by atoms with Crippen molar-refractivity contribution in [3.8, 4) is 0 Å². The van der Waals surface area contributed by atoms with Crippen molar-refractivity contribution in [1.29, 1.82) is 0 Å². The summed E-state index contributed by atoms with van der Waals surface area (Å²) < 4.78 is 41.7. The molecule has 1 aliphatic carbocycles. The van der Waals surface area contributed by atoms with Gasteiger partial charge >= 0.3 is 6.18 Å². The van der Waals surface area contributed by atoms with Crippen molar-refractivity contribution in [2.45, 2.75) is 58.3 Å². The second kappa shape index (κ2) is 6.59. The van der Waals surface area contributed by atoms with E-state index in [0.29, 0.717) is 18.8 Å². The number of aryl methyl sites for hydroxylation is 2. The largest absolute Gasteiger partial charge is 0.435 e. The Morgan fingerprint density at radius 2 is 2.11 bits per heavy atom. The van der Waals surface area contributed by atoms with Gasteiger partial charge in [0.05, 0.1) is 0 Å². The Morgan fingerprint density at radius 3 is 2.68 bits per heavy atom. The molecule has 0 aromatic carbocycles. The zero-order valence-corrected chi connectivity index (χ0v) is 15.9. The Kier molecular flexibility index (Phi) is 4.46. The van der Waals surface area contributed by atoms with E-state index in [1.165, 1.54) is 6.92 Å². The van der Waals surface area contributed by atoms with Crippen molar-refractivity contribution >= 4 is 5.91 Å². The highest BCUT2D eigenvalue weighted by Crippen LogP contribution is 2.55. The molecule has 4 rings (SSSR count). The first-order valence-electron chi connectivity index (χ1n) is 9.50. The second-order valence-electron chi connectivity index (χ2n) is 7.84. The van der Waals surface area contributed by atoms with E-state index in [4.69, 9.17) is 0 Å². The highest BCUT2D eigenvalue weighted by molar-refractivity contribution is 5.76. The Hall–Kier alpha value is -2.39. The van der Waals surface area contributed by atoms with E-state index in [2.05, 4.69) is 15.3 Å². The predicted molar refractivity (Wildman–Crippen MR) is 93.3 cm³/mol. The predicted octanol–water partition coefficient (Wildman–Crippen LogP) is 2.62. The molecule has 1 aliphatic heterocycles. The monoisotopic (exact) mass is 396 g/mol. The molecule has 0 N–H and O–H groups in total. The Labute approximate surface area is 160 Å². The van der Waals surface area contributed by atoms with Crippen LogP contribution in [0, 0.1) is 12.3 Å². The zero-order valence-electron chi connectivity index (χ0n) is 15.9. The van der Waals surface area contributed by atoms with Crippen LogP contribution in [0.15, 0.2) is 12.4 Å². The third kappa shape index (κ3) is 3.08. The minimum Gasteiger partial charge on any atom is -0.340 e. The number of rotatable bonds is 4. The lowest BCUT2D eigenvalue weighted by Crippen LogP contribution is -2.39. The van der Waals surface area contributed by atoms with Gasteiger partial charge in [0.1, 0.15) is 18.7 Å². The number of nitrogens with zero attached hydrogens (tertiary/aromatic N) is 6. The number of alkyl halides is 3. The van der Waals surface area contributed by atoms with E-state index in [1.54, 1.807) is 11.2 Å². The highest BCUT2D eigenvalue weighted by Gasteiger charge is 2.53. The first kappa shape index (κ1) is 18.9. The molecule has 152 valence electrons. The van der Waals surface area contributed by atoms with E-state index in [-0.39, 0.29) is 23.8 Å². The summed E-state index contributed by atoms with van der Waals surface area (Å²) in [5.74, 6) is 0.792. The van der Waals surface area contributed by atoms with E-state index < -0.39 is 11.9 Å². The summed E-state index contributed by atoms with van der Waals surface area (Å²) in [5.41, 5.74) is -0.643. The van der Waals surface area contributed by atoms with Crippen LogP contribution in [-0.4, -0.2) is 48.4 Å². The summed E-state index contributed by atoms with van der Waals surface area (Å²) in [4.78, 5) is 14.6. The van der Waals surface area contributed by atoms with Crippen LogP contribution >= 0.6 is 0 Å². The first-order valence-corrected chi connectivity index (χ1v) is 9.50. The van der Waals surface area contributed by atoms with E-state index in [9.17, 15) is 18.0 Å². The van der Waals surface area contributed by atoms with Gasteiger partial charge in [-0.2, -0.15) is 18.3 Å². The van der Waals surface area contributed by atoms with Crippen LogP contribution in [0.3, 0.4) is 0 Å². The number of likely N-dealkylation sites (tertiary alicyclic amines) is 1. The number of aromatic nitrogens is 5. The third-order valence-corrected chi connectivity index (χ3v) is 6.20. The lowest BCUT2D eigenvalue weighted by molar-refractivity contribution is -0.142. The summed E-state index contributed by atoms with van der Waals surface area (Å²) in [6.45, 7) is 5.25. The molecule has 1 saturated carbocycles. The van der Waals surface area contributed by atoms with Crippen molar-refractivity contribution in [1.82, 2.24) is 29.4 Å². The van der Waals surface area contributed by atoms with Crippen LogP contribution < -0.4 is 0 Å². The molecule has 1 spiro atoms. The maximum atomic E-state index is 12.9. The summed E-state index contributed by atoms with van der Waals surface area (Å²) >= 11 is 0. The molecule has 0 radical (unpaired) electrons. The molecule has 1 saturated heterocycles. The summed E-state index contributed by atoms with van der Waals surface area (Å²) in [6.07, 6.45) is 0.357. The van der Waals surface area contributed by atoms with E-state index >= 15 is 0 Å². The van der Waals surface area contributed by atoms with Gasteiger partial charge < -0.3 is 9.47 Å². The molecule has 7 nitrogen and oxygen atoms in total. The fourth-order valence-electron chi connectivity index (χ4n) is 4.47. The van der Waals surface area contributed by atoms with Gasteiger partial charge in [0, 0.05) is 31.2 Å². The van der Waals surface area contributed by atoms with Crippen molar-refractivity contribution in [2.75, 3.05) is 13.1 Å². The maximum Gasteiger partial charge on any atom is 0.435 e. The summed E-state index contributed by atoms with van der Waals surface area (Å²) in [5, 5.41) is 11.9. The molecule has 2 fully saturated rings. The lowest BCUT2D eigenvalue weighted by atomic mass is 9.62. The third-order valence-electron chi connectivity index (χ3n) is 6.20. The van der Waals surface area contributed by atoms with Gasteiger partial charge in [0.25, 0.3) is 0 Å². The minimum atomic E-state index is -4.52. The van der Waals surface area contributed by atoms with Crippen molar-refractivity contribution in [2.24, 2.45) is 5.41 Å². The van der Waals surface area contributed by atoms with Gasteiger partial charge in [-0.1, -0.05) is 6.42 Å². The molecule has 1 amide bonds. The smallest absolute Gasteiger partial charge is 0.340 e. The molecule has 2 aromatic heterocycles. The maximum absolute atomic E-state index is 12.9. The average Bonchev–Trinajstić information content (AvgIpc) is 3.29. The van der Waals surface area contributed by atoms with Gasteiger partial charge in [0.15, 0.2) is 5.69 Å². The van der Waals surface area contributed by atoms with Crippen LogP contribution in [0.5, 0.6) is 0 Å². The van der Waals surface area contributed by atoms with Gasteiger partial charge in [-0.3, -0.25) is 9.48 Å². The SMILES string of the molecule is CCn1cnnc1C1CN(C(=O)Cn2nc(C(F)(F)F)cc2C)CC12CCC2. The summed E-state index contributed by atoms with van der Waals surface area (Å²) in [7, 11) is 0. The molecule has 3 heterocycles. The van der Waals surface area contributed by atoms with E-state index in [0.717, 1.165) is 42.4 Å². The fourth-order valence-corrected chi connectivity index (χ4v) is 4.47. The molecular formula is C18H23F3N6O. The average molecular weight is 396 g/mol. The molecule has 1 unspecified atom stereocenters. The molecule has 2 aliphatic rings. The minimum absolute atomic E-state index is 0.00586. The number of amides is 1. The van der Waals surface area contributed by atoms with Crippen LogP contribution in [0.2, 0.25) is 0 Å². The normalized spacial score (nSPS) is 21.3.